The number of carbonyl (C=O) groups is 1. The number of rotatable bonds is 3. The van der Waals surface area contributed by atoms with Gasteiger partial charge in [0.1, 0.15) is 0 Å². The number of halogens is 1. The molecule has 0 fully saturated rings. The van der Waals surface area contributed by atoms with Gasteiger partial charge in [-0.1, -0.05) is 32.4 Å². The van der Waals surface area contributed by atoms with Gasteiger partial charge in [0.2, 0.25) is 5.91 Å². The minimum Gasteiger partial charge on any atom is -0.274 e. The van der Waals surface area contributed by atoms with Gasteiger partial charge in [0.25, 0.3) is 10.0 Å². The van der Waals surface area contributed by atoms with Crippen LogP contribution in [0.1, 0.15) is 32.0 Å². The van der Waals surface area contributed by atoms with Gasteiger partial charge in [0.15, 0.2) is 0 Å². The maximum absolute atomic E-state index is 12.5. The lowest BCUT2D eigenvalue weighted by molar-refractivity contribution is 0.0852. The van der Waals surface area contributed by atoms with Gasteiger partial charge in [-0.15, -0.1) is 0 Å². The summed E-state index contributed by atoms with van der Waals surface area (Å²) in [6.45, 7) is 5.58. The Balaban J connectivity index is 2.45. The normalized spacial score (nSPS) is 12.3. The van der Waals surface area contributed by atoms with Gasteiger partial charge < -0.3 is 0 Å². The standard InChI is InChI=1S/C15H17ClN2O4S/c1-15(2,3)10-13(19)17-8-9-18(14(17)20)23(21,22)12-6-4-11(16)5-7-12/h4-9H,10H2,1-3H3. The van der Waals surface area contributed by atoms with Crippen molar-refractivity contribution >= 4 is 27.5 Å². The van der Waals surface area contributed by atoms with E-state index in [1.807, 2.05) is 20.8 Å². The summed E-state index contributed by atoms with van der Waals surface area (Å²) in [5, 5.41) is 0.384. The Hall–Kier alpha value is -1.86. The summed E-state index contributed by atoms with van der Waals surface area (Å²) in [6, 6.07) is 5.44. The molecule has 0 spiro atoms. The van der Waals surface area contributed by atoms with E-state index in [-0.39, 0.29) is 16.7 Å². The summed E-state index contributed by atoms with van der Waals surface area (Å²) in [7, 11) is -4.07. The van der Waals surface area contributed by atoms with Crippen molar-refractivity contribution in [1.29, 1.82) is 0 Å². The van der Waals surface area contributed by atoms with Crippen molar-refractivity contribution in [3.05, 3.63) is 52.2 Å². The third-order valence-corrected chi connectivity index (χ3v) is 4.98. The Morgan fingerprint density at radius 2 is 1.70 bits per heavy atom. The first-order valence-corrected chi connectivity index (χ1v) is 8.68. The summed E-state index contributed by atoms with van der Waals surface area (Å²) in [6.07, 6.45) is 2.37. The van der Waals surface area contributed by atoms with Crippen LogP contribution in [0, 0.1) is 5.41 Å². The number of hydrogen-bond donors (Lipinski definition) is 0. The highest BCUT2D eigenvalue weighted by Gasteiger charge is 2.24. The van der Waals surface area contributed by atoms with Gasteiger partial charge in [-0.2, -0.15) is 3.97 Å². The van der Waals surface area contributed by atoms with Crippen LogP contribution in [0.2, 0.25) is 5.02 Å². The molecule has 1 aromatic heterocycles. The number of benzene rings is 1. The van der Waals surface area contributed by atoms with Crippen LogP contribution in [0.25, 0.3) is 0 Å². The van der Waals surface area contributed by atoms with Gasteiger partial charge in [-0.3, -0.25) is 4.79 Å². The van der Waals surface area contributed by atoms with Crippen molar-refractivity contribution < 1.29 is 13.2 Å². The third kappa shape index (κ3) is 3.73. The summed E-state index contributed by atoms with van der Waals surface area (Å²) < 4.78 is 26.3. The van der Waals surface area contributed by atoms with E-state index in [0.29, 0.717) is 9.00 Å². The van der Waals surface area contributed by atoms with E-state index in [0.717, 1.165) is 10.8 Å². The van der Waals surface area contributed by atoms with Gasteiger partial charge >= 0.3 is 5.69 Å². The highest BCUT2D eigenvalue weighted by atomic mass is 35.5. The molecule has 23 heavy (non-hydrogen) atoms. The number of imidazole rings is 1. The van der Waals surface area contributed by atoms with Gasteiger partial charge in [-0.25, -0.2) is 17.8 Å². The monoisotopic (exact) mass is 356 g/mol. The molecule has 1 heterocycles. The lowest BCUT2D eigenvalue weighted by atomic mass is 9.92. The van der Waals surface area contributed by atoms with Crippen molar-refractivity contribution in [2.75, 3.05) is 0 Å². The molecule has 0 aliphatic rings. The Bertz CT molecular complexity index is 887. The molecule has 0 saturated heterocycles. The molecule has 0 atom stereocenters. The van der Waals surface area contributed by atoms with E-state index in [1.165, 1.54) is 30.5 Å². The number of hydrogen-bond acceptors (Lipinski definition) is 4. The number of aromatic nitrogens is 2. The summed E-state index contributed by atoms with van der Waals surface area (Å²) >= 11 is 5.73. The molecule has 8 heteroatoms. The molecule has 6 nitrogen and oxygen atoms in total. The topological polar surface area (TPSA) is 78.1 Å². The second-order valence-electron chi connectivity index (χ2n) is 6.34. The molecule has 0 unspecified atom stereocenters. The molecule has 0 N–H and O–H groups in total. The Kier molecular flexibility index (Phi) is 4.54. The first kappa shape index (κ1) is 17.5. The zero-order chi connectivity index (χ0) is 17.4. The second-order valence-corrected chi connectivity index (χ2v) is 8.59. The van der Waals surface area contributed by atoms with Crippen LogP contribution in [-0.4, -0.2) is 22.9 Å². The Morgan fingerprint density at radius 1 is 1.13 bits per heavy atom. The molecule has 2 rings (SSSR count). The average Bonchev–Trinajstić information content (AvgIpc) is 2.80. The fourth-order valence-electron chi connectivity index (χ4n) is 1.99. The minimum absolute atomic E-state index is 0.0787. The molecule has 124 valence electrons. The lowest BCUT2D eigenvalue weighted by Crippen LogP contribution is -2.33. The minimum atomic E-state index is -4.07. The highest BCUT2D eigenvalue weighted by molar-refractivity contribution is 7.90. The van der Waals surface area contributed by atoms with Crippen LogP contribution in [0.15, 0.2) is 46.3 Å². The maximum atomic E-state index is 12.5. The van der Waals surface area contributed by atoms with Gasteiger partial charge in [-0.05, 0) is 29.7 Å². The zero-order valence-electron chi connectivity index (χ0n) is 13.0. The quantitative estimate of drug-likeness (QED) is 0.846. The molecule has 0 aliphatic heterocycles. The largest absolute Gasteiger partial charge is 0.349 e. The maximum Gasteiger partial charge on any atom is 0.349 e. The van der Waals surface area contributed by atoms with Crippen molar-refractivity contribution in [3.8, 4) is 0 Å². The van der Waals surface area contributed by atoms with Crippen LogP contribution in [0.5, 0.6) is 0 Å². The van der Waals surface area contributed by atoms with E-state index in [9.17, 15) is 18.0 Å². The molecular weight excluding hydrogens is 340 g/mol. The molecule has 0 amide bonds. The average molecular weight is 357 g/mol. The molecule has 0 bridgehead atoms. The van der Waals surface area contributed by atoms with Crippen LogP contribution in [0.4, 0.5) is 0 Å². The van der Waals surface area contributed by atoms with Crippen LogP contribution in [0.3, 0.4) is 0 Å². The second kappa shape index (κ2) is 5.98. The van der Waals surface area contributed by atoms with Crippen LogP contribution in [-0.2, 0) is 10.0 Å². The SMILES string of the molecule is CC(C)(C)CC(=O)n1ccn(S(=O)(=O)c2ccc(Cl)cc2)c1=O. The van der Waals surface area contributed by atoms with Crippen molar-refractivity contribution in [2.45, 2.75) is 32.1 Å². The van der Waals surface area contributed by atoms with E-state index < -0.39 is 21.6 Å². The van der Waals surface area contributed by atoms with E-state index in [1.54, 1.807) is 0 Å². The smallest absolute Gasteiger partial charge is 0.274 e. The lowest BCUT2D eigenvalue weighted by Gasteiger charge is -2.16. The molecule has 0 aliphatic carbocycles. The fraction of sp³-hybridized carbons (Fsp3) is 0.333. The number of carbonyl (C=O) groups excluding carboxylic acids is 1. The predicted molar refractivity (Wildman–Crippen MR) is 87.4 cm³/mol. The van der Waals surface area contributed by atoms with E-state index >= 15 is 0 Å². The van der Waals surface area contributed by atoms with Crippen molar-refractivity contribution in [2.24, 2.45) is 5.41 Å². The van der Waals surface area contributed by atoms with E-state index in [2.05, 4.69) is 0 Å². The third-order valence-electron chi connectivity index (χ3n) is 3.07. The molecule has 0 saturated carbocycles. The molecule has 2 aromatic rings. The predicted octanol–water partition coefficient (Wildman–Crippen LogP) is 2.62. The van der Waals surface area contributed by atoms with Crippen LogP contribution < -0.4 is 5.69 Å². The summed E-state index contributed by atoms with van der Waals surface area (Å²) in [5.74, 6) is -0.451. The first-order valence-electron chi connectivity index (χ1n) is 6.87. The fourth-order valence-corrected chi connectivity index (χ4v) is 3.33. The van der Waals surface area contributed by atoms with Crippen molar-refractivity contribution in [1.82, 2.24) is 8.54 Å². The zero-order valence-corrected chi connectivity index (χ0v) is 14.6. The Labute approximate surface area is 139 Å². The molecule has 1 aromatic carbocycles. The molecule has 0 radical (unpaired) electrons. The van der Waals surface area contributed by atoms with Crippen molar-refractivity contribution in [3.63, 3.8) is 0 Å². The first-order chi connectivity index (χ1) is 10.5. The highest BCUT2D eigenvalue weighted by Crippen LogP contribution is 2.19. The molecular formula is C15H17ClN2O4S. The van der Waals surface area contributed by atoms with E-state index in [4.69, 9.17) is 11.6 Å². The van der Waals surface area contributed by atoms with Gasteiger partial charge in [0, 0.05) is 23.8 Å². The Morgan fingerprint density at radius 3 is 2.22 bits per heavy atom. The van der Waals surface area contributed by atoms with Gasteiger partial charge in [0.05, 0.1) is 4.90 Å². The summed E-state index contributed by atoms with van der Waals surface area (Å²) in [4.78, 5) is 24.3. The number of nitrogens with zero attached hydrogens (tertiary/aromatic N) is 2. The van der Waals surface area contributed by atoms with Crippen LogP contribution >= 0.6 is 11.6 Å². The summed E-state index contributed by atoms with van der Waals surface area (Å²) in [5.41, 5.74) is -1.22.